The maximum absolute atomic E-state index is 13.6. The first-order valence-corrected chi connectivity index (χ1v) is 8.33. The minimum atomic E-state index is -1.08. The lowest BCUT2D eigenvalue weighted by molar-refractivity contribution is -0.123. The van der Waals surface area contributed by atoms with E-state index in [4.69, 9.17) is 4.74 Å². The third-order valence-corrected chi connectivity index (χ3v) is 3.96. The number of para-hydroxylation sites is 1. The molecule has 0 saturated carbocycles. The van der Waals surface area contributed by atoms with E-state index in [0.29, 0.717) is 5.56 Å². The van der Waals surface area contributed by atoms with E-state index >= 15 is 0 Å². The maximum atomic E-state index is 13.6. The highest BCUT2D eigenvalue weighted by molar-refractivity contribution is 5.97. The first-order valence-electron chi connectivity index (χ1n) is 8.33. The van der Waals surface area contributed by atoms with Crippen molar-refractivity contribution in [3.63, 3.8) is 0 Å². The monoisotopic (exact) mass is 367 g/mol. The minimum absolute atomic E-state index is 0.0318. The van der Waals surface area contributed by atoms with Crippen molar-refractivity contribution in [1.29, 1.82) is 0 Å². The zero-order valence-electron chi connectivity index (χ0n) is 14.8. The molecule has 0 saturated heterocycles. The second-order valence-corrected chi connectivity index (χ2v) is 5.95. The summed E-state index contributed by atoms with van der Waals surface area (Å²) in [7, 11) is 0. The van der Waals surface area contributed by atoms with Gasteiger partial charge in [-0.15, -0.1) is 0 Å². The van der Waals surface area contributed by atoms with Crippen molar-refractivity contribution in [2.24, 2.45) is 0 Å². The second-order valence-electron chi connectivity index (χ2n) is 5.95. The van der Waals surface area contributed by atoms with Gasteiger partial charge in [-0.3, -0.25) is 4.79 Å². The third kappa shape index (κ3) is 4.20. The van der Waals surface area contributed by atoms with E-state index in [2.05, 4.69) is 10.4 Å². The van der Waals surface area contributed by atoms with E-state index in [1.165, 1.54) is 25.1 Å². The Morgan fingerprint density at radius 1 is 1.11 bits per heavy atom. The molecule has 0 spiro atoms. The molecule has 2 aromatic carbocycles. The molecule has 1 amide bonds. The van der Waals surface area contributed by atoms with Crippen molar-refractivity contribution < 1.29 is 18.7 Å². The summed E-state index contributed by atoms with van der Waals surface area (Å²) < 4.78 is 20.5. The van der Waals surface area contributed by atoms with Gasteiger partial charge >= 0.3 is 5.97 Å². The highest BCUT2D eigenvalue weighted by Crippen LogP contribution is 2.15. The van der Waals surface area contributed by atoms with Gasteiger partial charge in [-0.1, -0.05) is 12.1 Å². The molecule has 1 atom stereocenters. The summed E-state index contributed by atoms with van der Waals surface area (Å²) in [4.78, 5) is 24.4. The number of anilines is 1. The molecule has 138 valence electrons. The Balaban J connectivity index is 1.63. The molecular weight excluding hydrogens is 349 g/mol. The average molecular weight is 367 g/mol. The van der Waals surface area contributed by atoms with Crippen molar-refractivity contribution >= 4 is 17.6 Å². The molecule has 1 unspecified atom stereocenters. The van der Waals surface area contributed by atoms with Crippen molar-refractivity contribution in [2.75, 3.05) is 5.32 Å². The highest BCUT2D eigenvalue weighted by atomic mass is 19.1. The van der Waals surface area contributed by atoms with Gasteiger partial charge < -0.3 is 10.1 Å². The number of nitrogens with one attached hydrogen (secondary N) is 1. The van der Waals surface area contributed by atoms with Crippen LogP contribution in [0.3, 0.4) is 0 Å². The number of aromatic nitrogens is 2. The Bertz CT molecular complexity index is 967. The van der Waals surface area contributed by atoms with Crippen LogP contribution in [0.1, 0.15) is 23.0 Å². The normalized spacial score (nSPS) is 11.7. The number of hydrogen-bond acceptors (Lipinski definition) is 4. The van der Waals surface area contributed by atoms with Gasteiger partial charge in [-0.2, -0.15) is 5.10 Å². The van der Waals surface area contributed by atoms with E-state index in [1.54, 1.807) is 41.2 Å². The molecule has 0 aliphatic carbocycles. The quantitative estimate of drug-likeness (QED) is 0.701. The standard InChI is InChI=1S/C20H18FN3O3/c1-13-11-12-22-24(13)16-9-7-15(8-10-16)20(26)27-14(2)19(25)23-18-6-4-3-5-17(18)21/h3-12,14H,1-2H3,(H,23,25). The van der Waals surface area contributed by atoms with Crippen LogP contribution in [-0.2, 0) is 9.53 Å². The molecule has 1 N–H and O–H groups in total. The summed E-state index contributed by atoms with van der Waals surface area (Å²) in [5.41, 5.74) is 2.10. The lowest BCUT2D eigenvalue weighted by atomic mass is 10.2. The fourth-order valence-electron chi connectivity index (χ4n) is 2.46. The number of rotatable bonds is 5. The smallest absolute Gasteiger partial charge is 0.338 e. The van der Waals surface area contributed by atoms with Crippen molar-refractivity contribution in [3.05, 3.63) is 77.9 Å². The number of halogens is 1. The molecule has 27 heavy (non-hydrogen) atoms. The Kier molecular flexibility index (Phi) is 5.30. The molecule has 7 heteroatoms. The van der Waals surface area contributed by atoms with Gasteiger partial charge in [0, 0.05) is 11.9 Å². The lowest BCUT2D eigenvalue weighted by Gasteiger charge is -2.14. The van der Waals surface area contributed by atoms with Gasteiger partial charge in [0.1, 0.15) is 5.82 Å². The number of carbonyl (C=O) groups excluding carboxylic acids is 2. The number of amides is 1. The summed E-state index contributed by atoms with van der Waals surface area (Å²) in [6.07, 6.45) is 0.609. The van der Waals surface area contributed by atoms with E-state index in [-0.39, 0.29) is 5.69 Å². The summed E-state index contributed by atoms with van der Waals surface area (Å²) in [5, 5.41) is 6.59. The molecule has 0 bridgehead atoms. The van der Waals surface area contributed by atoms with E-state index in [9.17, 15) is 14.0 Å². The number of nitrogens with zero attached hydrogens (tertiary/aromatic N) is 2. The van der Waals surface area contributed by atoms with Crippen LogP contribution in [0.4, 0.5) is 10.1 Å². The predicted molar refractivity (Wildman–Crippen MR) is 98.2 cm³/mol. The molecule has 3 rings (SSSR count). The summed E-state index contributed by atoms with van der Waals surface area (Å²) in [6, 6.07) is 14.3. The van der Waals surface area contributed by atoms with E-state index in [0.717, 1.165) is 11.4 Å². The largest absolute Gasteiger partial charge is 0.449 e. The average Bonchev–Trinajstić information content (AvgIpc) is 3.09. The molecule has 6 nitrogen and oxygen atoms in total. The number of aryl methyl sites for hydroxylation is 1. The molecule has 0 radical (unpaired) electrons. The van der Waals surface area contributed by atoms with Crippen molar-refractivity contribution in [1.82, 2.24) is 9.78 Å². The van der Waals surface area contributed by atoms with Crippen LogP contribution in [0.5, 0.6) is 0 Å². The molecule has 3 aromatic rings. The Labute approximate surface area is 155 Å². The fraction of sp³-hybridized carbons (Fsp3) is 0.150. The SMILES string of the molecule is Cc1ccnn1-c1ccc(C(=O)OC(C)C(=O)Nc2ccccc2F)cc1. The number of esters is 1. The summed E-state index contributed by atoms with van der Waals surface area (Å²) in [5.74, 6) is -1.82. The van der Waals surface area contributed by atoms with E-state index < -0.39 is 23.8 Å². The van der Waals surface area contributed by atoms with Gasteiger partial charge in [0.05, 0.1) is 16.9 Å². The fourth-order valence-corrected chi connectivity index (χ4v) is 2.46. The maximum Gasteiger partial charge on any atom is 0.338 e. The lowest BCUT2D eigenvalue weighted by Crippen LogP contribution is -2.30. The van der Waals surface area contributed by atoms with Crippen LogP contribution in [-0.4, -0.2) is 27.8 Å². The van der Waals surface area contributed by atoms with Crippen LogP contribution in [0.15, 0.2) is 60.8 Å². The number of carbonyl (C=O) groups is 2. The van der Waals surface area contributed by atoms with Crippen LogP contribution in [0, 0.1) is 12.7 Å². The number of hydrogen-bond donors (Lipinski definition) is 1. The van der Waals surface area contributed by atoms with Gasteiger partial charge in [-0.25, -0.2) is 13.9 Å². The van der Waals surface area contributed by atoms with E-state index in [1.807, 2.05) is 13.0 Å². The molecule has 0 aliphatic rings. The Morgan fingerprint density at radius 2 is 1.81 bits per heavy atom. The minimum Gasteiger partial charge on any atom is -0.449 e. The first kappa shape index (κ1) is 18.3. The zero-order chi connectivity index (χ0) is 19.4. The Hall–Kier alpha value is -3.48. The first-order chi connectivity index (χ1) is 13.0. The van der Waals surface area contributed by atoms with Gasteiger partial charge in [0.2, 0.25) is 0 Å². The van der Waals surface area contributed by atoms with Crippen LogP contribution in [0.25, 0.3) is 5.69 Å². The molecule has 1 heterocycles. The predicted octanol–water partition coefficient (Wildman–Crippen LogP) is 3.50. The number of ether oxygens (including phenoxy) is 1. The summed E-state index contributed by atoms with van der Waals surface area (Å²) >= 11 is 0. The molecule has 0 fully saturated rings. The van der Waals surface area contributed by atoms with Crippen molar-refractivity contribution in [2.45, 2.75) is 20.0 Å². The molecular formula is C20H18FN3O3. The third-order valence-electron chi connectivity index (χ3n) is 3.96. The molecule has 0 aliphatic heterocycles. The van der Waals surface area contributed by atoms with Gasteiger partial charge in [0.15, 0.2) is 6.10 Å². The van der Waals surface area contributed by atoms with Gasteiger partial charge in [-0.05, 0) is 56.3 Å². The van der Waals surface area contributed by atoms with Gasteiger partial charge in [0.25, 0.3) is 5.91 Å². The van der Waals surface area contributed by atoms with Crippen LogP contribution in [0.2, 0.25) is 0 Å². The number of benzene rings is 2. The highest BCUT2D eigenvalue weighted by Gasteiger charge is 2.20. The van der Waals surface area contributed by atoms with Crippen LogP contribution >= 0.6 is 0 Å². The second kappa shape index (κ2) is 7.82. The van der Waals surface area contributed by atoms with Crippen LogP contribution < -0.4 is 5.32 Å². The topological polar surface area (TPSA) is 73.2 Å². The Morgan fingerprint density at radius 3 is 2.44 bits per heavy atom. The zero-order valence-corrected chi connectivity index (χ0v) is 14.8. The summed E-state index contributed by atoms with van der Waals surface area (Å²) in [6.45, 7) is 3.35. The van der Waals surface area contributed by atoms with Crippen molar-refractivity contribution in [3.8, 4) is 5.69 Å². The molecule has 1 aromatic heterocycles.